The van der Waals surface area contributed by atoms with Gasteiger partial charge in [0.2, 0.25) is 0 Å². The number of thiazole rings is 1. The van der Waals surface area contributed by atoms with E-state index in [9.17, 15) is 4.79 Å². The van der Waals surface area contributed by atoms with Crippen molar-refractivity contribution in [3.05, 3.63) is 75.7 Å². The molecule has 6 heteroatoms. The maximum absolute atomic E-state index is 12.5. The van der Waals surface area contributed by atoms with Crippen LogP contribution < -0.4 is 5.32 Å². The topological polar surface area (TPSA) is 42.0 Å². The molecule has 1 amide bonds. The molecule has 3 nitrogen and oxygen atoms in total. The van der Waals surface area contributed by atoms with Gasteiger partial charge in [0.05, 0.1) is 16.8 Å². The minimum atomic E-state index is -0.145. The van der Waals surface area contributed by atoms with Gasteiger partial charge in [-0.1, -0.05) is 29.8 Å². The fourth-order valence-corrected chi connectivity index (χ4v) is 3.81. The van der Waals surface area contributed by atoms with Crippen LogP contribution in [0.4, 0.5) is 5.69 Å². The number of nitrogens with one attached hydrogen (secondary N) is 1. The van der Waals surface area contributed by atoms with Crippen molar-refractivity contribution in [3.63, 3.8) is 0 Å². The molecule has 2 aromatic carbocycles. The highest BCUT2D eigenvalue weighted by molar-refractivity contribution is 7.98. The lowest BCUT2D eigenvalue weighted by atomic mass is 10.2. The van der Waals surface area contributed by atoms with Crippen molar-refractivity contribution >= 4 is 46.3 Å². The van der Waals surface area contributed by atoms with Crippen LogP contribution in [0.5, 0.6) is 0 Å². The lowest BCUT2D eigenvalue weighted by Crippen LogP contribution is -2.12. The molecular formula is C17H13ClN2OS2. The largest absolute Gasteiger partial charge is 0.322 e. The second-order valence-corrected chi connectivity index (χ2v) is 6.90. The van der Waals surface area contributed by atoms with E-state index in [1.165, 1.54) is 0 Å². The SMILES string of the molecule is O=C(Nc1cccc(Cl)c1)c1ccccc1SCc1cscn1. The number of hydrogen-bond acceptors (Lipinski definition) is 4. The van der Waals surface area contributed by atoms with E-state index in [0.29, 0.717) is 16.3 Å². The molecule has 3 rings (SSSR count). The van der Waals surface area contributed by atoms with Gasteiger partial charge in [0.1, 0.15) is 0 Å². The average Bonchev–Trinajstić information content (AvgIpc) is 3.06. The first-order chi connectivity index (χ1) is 11.2. The Morgan fingerprint density at radius 1 is 1.22 bits per heavy atom. The molecule has 1 heterocycles. The monoisotopic (exact) mass is 360 g/mol. The van der Waals surface area contributed by atoms with Gasteiger partial charge in [-0.2, -0.15) is 0 Å². The van der Waals surface area contributed by atoms with Crippen molar-refractivity contribution in [2.75, 3.05) is 5.32 Å². The molecule has 0 atom stereocenters. The molecule has 0 radical (unpaired) electrons. The van der Waals surface area contributed by atoms with Crippen molar-refractivity contribution < 1.29 is 4.79 Å². The highest BCUT2D eigenvalue weighted by Gasteiger charge is 2.12. The summed E-state index contributed by atoms with van der Waals surface area (Å²) in [5, 5.41) is 5.49. The number of amides is 1. The van der Waals surface area contributed by atoms with Crippen molar-refractivity contribution in [1.82, 2.24) is 4.98 Å². The van der Waals surface area contributed by atoms with Gasteiger partial charge >= 0.3 is 0 Å². The number of hydrogen-bond donors (Lipinski definition) is 1. The van der Waals surface area contributed by atoms with E-state index in [-0.39, 0.29) is 5.91 Å². The molecule has 0 aliphatic heterocycles. The van der Waals surface area contributed by atoms with Crippen LogP contribution >= 0.6 is 34.7 Å². The molecule has 116 valence electrons. The Kier molecular flexibility index (Phi) is 5.33. The third-order valence-electron chi connectivity index (χ3n) is 3.07. The molecule has 0 saturated heterocycles. The number of benzene rings is 2. The Balaban J connectivity index is 1.75. The zero-order chi connectivity index (χ0) is 16.1. The zero-order valence-corrected chi connectivity index (χ0v) is 14.4. The molecule has 0 aliphatic rings. The van der Waals surface area contributed by atoms with Crippen LogP contribution in [0.1, 0.15) is 16.1 Å². The van der Waals surface area contributed by atoms with Crippen LogP contribution in [-0.4, -0.2) is 10.9 Å². The van der Waals surface area contributed by atoms with Crippen LogP contribution in [0.3, 0.4) is 0 Å². The van der Waals surface area contributed by atoms with Gasteiger partial charge in [-0.25, -0.2) is 4.98 Å². The van der Waals surface area contributed by atoms with Gasteiger partial charge in [-0.05, 0) is 30.3 Å². The second-order valence-electron chi connectivity index (χ2n) is 4.73. The maximum atomic E-state index is 12.5. The summed E-state index contributed by atoms with van der Waals surface area (Å²) in [5.74, 6) is 0.596. The minimum Gasteiger partial charge on any atom is -0.322 e. The summed E-state index contributed by atoms with van der Waals surface area (Å²) < 4.78 is 0. The van der Waals surface area contributed by atoms with Crippen molar-refractivity contribution in [1.29, 1.82) is 0 Å². The van der Waals surface area contributed by atoms with Crippen molar-refractivity contribution in [2.24, 2.45) is 0 Å². The van der Waals surface area contributed by atoms with Crippen LogP contribution in [0, 0.1) is 0 Å². The molecule has 1 aromatic heterocycles. The summed E-state index contributed by atoms with van der Waals surface area (Å²) in [6, 6.07) is 14.7. The lowest BCUT2D eigenvalue weighted by molar-refractivity contribution is 0.102. The van der Waals surface area contributed by atoms with E-state index in [0.717, 1.165) is 16.3 Å². The predicted molar refractivity (Wildman–Crippen MR) is 97.5 cm³/mol. The van der Waals surface area contributed by atoms with Gasteiger partial charge < -0.3 is 5.32 Å². The predicted octanol–water partition coefficient (Wildman–Crippen LogP) is 5.34. The van der Waals surface area contributed by atoms with Crippen molar-refractivity contribution in [3.8, 4) is 0 Å². The summed E-state index contributed by atoms with van der Waals surface area (Å²) >= 11 is 9.13. The third kappa shape index (κ3) is 4.34. The molecule has 0 bridgehead atoms. The summed E-state index contributed by atoms with van der Waals surface area (Å²) in [4.78, 5) is 17.7. The molecule has 3 aromatic rings. The quantitative estimate of drug-likeness (QED) is 0.624. The third-order valence-corrected chi connectivity index (χ3v) is 5.05. The molecule has 23 heavy (non-hydrogen) atoms. The fourth-order valence-electron chi connectivity index (χ4n) is 2.01. The van der Waals surface area contributed by atoms with Gasteiger partial charge in [0.25, 0.3) is 5.91 Å². The van der Waals surface area contributed by atoms with Crippen LogP contribution in [-0.2, 0) is 5.75 Å². The van der Waals surface area contributed by atoms with E-state index in [2.05, 4.69) is 10.3 Å². The first-order valence-corrected chi connectivity index (χ1v) is 9.19. The summed E-state index contributed by atoms with van der Waals surface area (Å²) in [6.45, 7) is 0. The molecule has 0 fully saturated rings. The summed E-state index contributed by atoms with van der Waals surface area (Å²) in [7, 11) is 0. The first-order valence-electron chi connectivity index (χ1n) is 6.88. The molecule has 0 unspecified atom stereocenters. The maximum Gasteiger partial charge on any atom is 0.256 e. The second kappa shape index (κ2) is 7.64. The number of aromatic nitrogens is 1. The van der Waals surface area contributed by atoms with E-state index in [4.69, 9.17) is 11.6 Å². The minimum absolute atomic E-state index is 0.145. The number of thioether (sulfide) groups is 1. The van der Waals surface area contributed by atoms with Crippen LogP contribution in [0.25, 0.3) is 0 Å². The highest BCUT2D eigenvalue weighted by atomic mass is 35.5. The Bertz CT molecular complexity index is 806. The van der Waals surface area contributed by atoms with E-state index < -0.39 is 0 Å². The number of rotatable bonds is 5. The average molecular weight is 361 g/mol. The standard InChI is InChI=1S/C17H13ClN2OS2/c18-12-4-3-5-13(8-12)20-17(21)15-6-1-2-7-16(15)23-10-14-9-22-11-19-14/h1-9,11H,10H2,(H,20,21). The van der Waals surface area contributed by atoms with E-state index in [1.807, 2.05) is 41.2 Å². The number of nitrogens with zero attached hydrogens (tertiary/aromatic N) is 1. The highest BCUT2D eigenvalue weighted by Crippen LogP contribution is 2.27. The van der Waals surface area contributed by atoms with Gasteiger partial charge in [-0.15, -0.1) is 23.1 Å². The first kappa shape index (κ1) is 16.1. The van der Waals surface area contributed by atoms with Gasteiger partial charge in [-0.3, -0.25) is 4.79 Å². The zero-order valence-electron chi connectivity index (χ0n) is 12.0. The van der Waals surface area contributed by atoms with Crippen molar-refractivity contribution in [2.45, 2.75) is 10.6 Å². The fraction of sp³-hybridized carbons (Fsp3) is 0.0588. The Morgan fingerprint density at radius 2 is 2.09 bits per heavy atom. The van der Waals surface area contributed by atoms with Crippen LogP contribution in [0.15, 0.2) is 64.3 Å². The number of anilines is 1. The summed E-state index contributed by atoms with van der Waals surface area (Å²) in [6.07, 6.45) is 0. The van der Waals surface area contributed by atoms with Crippen LogP contribution in [0.2, 0.25) is 5.02 Å². The Labute approximate surface area is 147 Å². The number of halogens is 1. The smallest absolute Gasteiger partial charge is 0.256 e. The molecular weight excluding hydrogens is 348 g/mol. The lowest BCUT2D eigenvalue weighted by Gasteiger charge is -2.09. The Morgan fingerprint density at radius 3 is 2.87 bits per heavy atom. The van der Waals surface area contributed by atoms with Gasteiger partial charge in [0.15, 0.2) is 0 Å². The number of carbonyl (C=O) groups excluding carboxylic acids is 1. The number of carbonyl (C=O) groups is 1. The van der Waals surface area contributed by atoms with Gasteiger partial charge in [0, 0.05) is 26.7 Å². The normalized spacial score (nSPS) is 10.5. The Hall–Kier alpha value is -1.82. The molecule has 0 spiro atoms. The molecule has 1 N–H and O–H groups in total. The van der Waals surface area contributed by atoms with E-state index in [1.54, 1.807) is 41.3 Å². The summed E-state index contributed by atoms with van der Waals surface area (Å²) in [5.41, 5.74) is 4.16. The molecule has 0 saturated carbocycles. The van der Waals surface area contributed by atoms with E-state index >= 15 is 0 Å². The molecule has 0 aliphatic carbocycles.